The molecule has 1 aliphatic heterocycles. The highest BCUT2D eigenvalue weighted by Crippen LogP contribution is 2.34. The fourth-order valence-electron chi connectivity index (χ4n) is 2.59. The second-order valence-corrected chi connectivity index (χ2v) is 7.32. The number of hydrogen-bond acceptors (Lipinski definition) is 4. The van der Waals surface area contributed by atoms with Crippen LogP contribution >= 0.6 is 27.5 Å². The van der Waals surface area contributed by atoms with Crippen LogP contribution < -0.4 is 10.2 Å². The summed E-state index contributed by atoms with van der Waals surface area (Å²) in [5.41, 5.74) is 2.48. The Morgan fingerprint density at radius 3 is 2.44 bits per heavy atom. The maximum Gasteiger partial charge on any atom is 0.335 e. The number of aromatic hydroxyl groups is 1. The van der Waals surface area contributed by atoms with Gasteiger partial charge in [-0.25, -0.2) is 9.69 Å². The van der Waals surface area contributed by atoms with E-state index in [0.29, 0.717) is 15.7 Å². The number of phenols is 1. The van der Waals surface area contributed by atoms with Crippen LogP contribution in [0.5, 0.6) is 5.75 Å². The number of amides is 4. The first-order valence-corrected chi connectivity index (χ1v) is 9.03. The summed E-state index contributed by atoms with van der Waals surface area (Å²) in [5, 5.41) is 11.9. The molecule has 1 aliphatic rings. The van der Waals surface area contributed by atoms with Crippen molar-refractivity contribution in [2.24, 2.45) is 0 Å². The highest BCUT2D eigenvalue weighted by Gasteiger charge is 2.36. The Morgan fingerprint density at radius 1 is 1.11 bits per heavy atom. The molecule has 1 heterocycles. The number of hydrogen-bond donors (Lipinski definition) is 2. The van der Waals surface area contributed by atoms with Crippen molar-refractivity contribution in [3.63, 3.8) is 0 Å². The quantitative estimate of drug-likeness (QED) is 0.534. The van der Waals surface area contributed by atoms with Crippen molar-refractivity contribution in [3.8, 4) is 5.75 Å². The smallest absolute Gasteiger partial charge is 0.335 e. The highest BCUT2D eigenvalue weighted by atomic mass is 79.9. The molecular formula is C19H14BrClN2O4. The third kappa shape index (κ3) is 3.61. The van der Waals surface area contributed by atoms with E-state index >= 15 is 0 Å². The van der Waals surface area contributed by atoms with Crippen molar-refractivity contribution in [1.29, 1.82) is 0 Å². The predicted molar refractivity (Wildman–Crippen MR) is 106 cm³/mol. The molecule has 4 amide bonds. The minimum atomic E-state index is -0.810. The topological polar surface area (TPSA) is 86.7 Å². The number of barbiturate groups is 1. The molecule has 0 saturated carbocycles. The predicted octanol–water partition coefficient (Wildman–Crippen LogP) is 4.09. The molecule has 0 aromatic heterocycles. The Balaban J connectivity index is 2.06. The van der Waals surface area contributed by atoms with E-state index in [1.165, 1.54) is 18.2 Å². The summed E-state index contributed by atoms with van der Waals surface area (Å²) in [7, 11) is 0. The van der Waals surface area contributed by atoms with Gasteiger partial charge in [0.2, 0.25) is 0 Å². The van der Waals surface area contributed by atoms with Gasteiger partial charge in [0.05, 0.1) is 15.2 Å². The van der Waals surface area contributed by atoms with E-state index in [-0.39, 0.29) is 16.3 Å². The van der Waals surface area contributed by atoms with E-state index in [2.05, 4.69) is 21.2 Å². The summed E-state index contributed by atoms with van der Waals surface area (Å²) in [4.78, 5) is 38.2. The lowest BCUT2D eigenvalue weighted by molar-refractivity contribution is -0.122. The van der Waals surface area contributed by atoms with Crippen molar-refractivity contribution in [3.05, 3.63) is 62.1 Å². The van der Waals surface area contributed by atoms with E-state index < -0.39 is 17.8 Å². The Bertz CT molecular complexity index is 1010. The summed E-state index contributed by atoms with van der Waals surface area (Å²) >= 11 is 9.08. The van der Waals surface area contributed by atoms with Crippen LogP contribution in [0.4, 0.5) is 10.5 Å². The Kier molecular flexibility index (Phi) is 5.08. The molecule has 2 aromatic rings. The maximum absolute atomic E-state index is 12.9. The first-order chi connectivity index (χ1) is 12.7. The van der Waals surface area contributed by atoms with Crippen LogP contribution in [0.15, 0.2) is 40.4 Å². The summed E-state index contributed by atoms with van der Waals surface area (Å²) in [6, 6.07) is 7.24. The summed E-state index contributed by atoms with van der Waals surface area (Å²) in [6.45, 7) is 3.78. The van der Waals surface area contributed by atoms with Gasteiger partial charge in [-0.1, -0.05) is 17.7 Å². The van der Waals surface area contributed by atoms with E-state index in [9.17, 15) is 19.5 Å². The number of carbonyl (C=O) groups excluding carboxylic acids is 3. The molecule has 27 heavy (non-hydrogen) atoms. The first-order valence-electron chi connectivity index (χ1n) is 7.85. The molecule has 3 rings (SSSR count). The Morgan fingerprint density at radius 2 is 1.81 bits per heavy atom. The molecule has 2 aromatic carbocycles. The second kappa shape index (κ2) is 7.17. The highest BCUT2D eigenvalue weighted by molar-refractivity contribution is 9.10. The van der Waals surface area contributed by atoms with E-state index in [0.717, 1.165) is 16.0 Å². The fraction of sp³-hybridized carbons (Fsp3) is 0.105. The van der Waals surface area contributed by atoms with Gasteiger partial charge in [-0.2, -0.15) is 0 Å². The fourth-order valence-corrected chi connectivity index (χ4v) is 3.41. The number of aryl methyl sites for hydroxylation is 2. The minimum absolute atomic E-state index is 0.0574. The molecule has 0 aliphatic carbocycles. The van der Waals surface area contributed by atoms with Crippen molar-refractivity contribution in [2.45, 2.75) is 13.8 Å². The number of nitrogens with zero attached hydrogens (tertiary/aromatic N) is 1. The number of anilines is 1. The number of rotatable bonds is 2. The van der Waals surface area contributed by atoms with Crippen molar-refractivity contribution in [2.75, 3.05) is 4.90 Å². The molecule has 0 spiro atoms. The molecule has 1 fully saturated rings. The first kappa shape index (κ1) is 19.1. The molecule has 0 bridgehead atoms. The zero-order chi connectivity index (χ0) is 19.9. The van der Waals surface area contributed by atoms with Crippen LogP contribution in [0.2, 0.25) is 5.02 Å². The number of phenolic OH excluding ortho intramolecular Hbond substituents is 1. The van der Waals surface area contributed by atoms with Gasteiger partial charge in [-0.3, -0.25) is 14.9 Å². The van der Waals surface area contributed by atoms with Crippen LogP contribution in [0.3, 0.4) is 0 Å². The molecule has 0 unspecified atom stereocenters. The lowest BCUT2D eigenvalue weighted by Crippen LogP contribution is -2.54. The van der Waals surface area contributed by atoms with Gasteiger partial charge in [0.15, 0.2) is 0 Å². The van der Waals surface area contributed by atoms with Crippen LogP contribution in [0.1, 0.15) is 16.7 Å². The van der Waals surface area contributed by atoms with Crippen molar-refractivity contribution in [1.82, 2.24) is 5.32 Å². The van der Waals surface area contributed by atoms with E-state index in [4.69, 9.17) is 11.6 Å². The van der Waals surface area contributed by atoms with Gasteiger partial charge >= 0.3 is 6.03 Å². The van der Waals surface area contributed by atoms with Gasteiger partial charge < -0.3 is 5.11 Å². The molecule has 0 radical (unpaired) electrons. The number of halogens is 2. The average molecular weight is 450 g/mol. The van der Waals surface area contributed by atoms with Gasteiger partial charge in [0.1, 0.15) is 11.3 Å². The van der Waals surface area contributed by atoms with Gasteiger partial charge in [0, 0.05) is 0 Å². The summed E-state index contributed by atoms with van der Waals surface area (Å²) in [5.74, 6) is -1.69. The Hall–Kier alpha value is -2.64. The number of carbonyl (C=O) groups is 3. The van der Waals surface area contributed by atoms with Gasteiger partial charge in [0.25, 0.3) is 11.8 Å². The van der Waals surface area contributed by atoms with Crippen LogP contribution in [-0.4, -0.2) is 23.0 Å². The van der Waals surface area contributed by atoms with Gasteiger partial charge in [-0.05, 0) is 76.8 Å². The molecule has 138 valence electrons. The number of imide groups is 2. The lowest BCUT2D eigenvalue weighted by Gasteiger charge is -2.26. The zero-order valence-electron chi connectivity index (χ0n) is 14.3. The Labute approximate surface area is 168 Å². The molecule has 2 N–H and O–H groups in total. The molecule has 1 saturated heterocycles. The molecule has 0 atom stereocenters. The van der Waals surface area contributed by atoms with Crippen LogP contribution in [0, 0.1) is 13.8 Å². The maximum atomic E-state index is 12.9. The average Bonchev–Trinajstić information content (AvgIpc) is 2.59. The van der Waals surface area contributed by atoms with Gasteiger partial charge in [-0.15, -0.1) is 0 Å². The molecule has 8 heteroatoms. The van der Waals surface area contributed by atoms with Crippen molar-refractivity contribution >= 4 is 57.1 Å². The molecular weight excluding hydrogens is 436 g/mol. The van der Waals surface area contributed by atoms with Crippen LogP contribution in [0.25, 0.3) is 6.08 Å². The van der Waals surface area contributed by atoms with E-state index in [1.807, 2.05) is 13.8 Å². The largest absolute Gasteiger partial charge is 0.505 e. The lowest BCUT2D eigenvalue weighted by atomic mass is 10.0. The third-order valence-electron chi connectivity index (χ3n) is 4.20. The number of benzene rings is 2. The minimum Gasteiger partial charge on any atom is -0.505 e. The monoisotopic (exact) mass is 448 g/mol. The standard InChI is InChI=1S/C19H14BrClN2O4/c1-9-3-4-12(5-10(9)2)23-18(26)13(17(25)22-19(23)27)6-11-7-14(20)16(24)15(21)8-11/h3-8,24H,1-2H3,(H,22,25,27)/b13-6+. The summed E-state index contributed by atoms with van der Waals surface area (Å²) in [6.07, 6.45) is 1.31. The number of nitrogens with one attached hydrogen (secondary N) is 1. The number of urea groups is 1. The van der Waals surface area contributed by atoms with Crippen LogP contribution in [-0.2, 0) is 9.59 Å². The molecule has 6 nitrogen and oxygen atoms in total. The SMILES string of the molecule is Cc1ccc(N2C(=O)NC(=O)/C(=C\c3cc(Cl)c(O)c(Br)c3)C2=O)cc1C. The normalized spacial score (nSPS) is 16.1. The van der Waals surface area contributed by atoms with E-state index in [1.54, 1.807) is 18.2 Å². The summed E-state index contributed by atoms with van der Waals surface area (Å²) < 4.78 is 0.313. The third-order valence-corrected chi connectivity index (χ3v) is 5.09. The zero-order valence-corrected chi connectivity index (χ0v) is 16.7. The van der Waals surface area contributed by atoms with Crippen molar-refractivity contribution < 1.29 is 19.5 Å². The second-order valence-electron chi connectivity index (χ2n) is 6.06.